The summed E-state index contributed by atoms with van der Waals surface area (Å²) in [6.45, 7) is 1.24. The molecule has 0 N–H and O–H groups in total. The number of aromatic nitrogens is 2. The summed E-state index contributed by atoms with van der Waals surface area (Å²) in [6.07, 6.45) is -1.36. The quantitative estimate of drug-likeness (QED) is 0.662. The number of piperidine rings is 1. The smallest absolute Gasteiger partial charge is 0.297 e. The lowest BCUT2D eigenvalue weighted by molar-refractivity contribution is -0.187. The number of fused-ring (bicyclic) bond motifs is 1. The summed E-state index contributed by atoms with van der Waals surface area (Å²) in [6, 6.07) is 9.83. The van der Waals surface area contributed by atoms with E-state index in [0.29, 0.717) is 19.5 Å². The van der Waals surface area contributed by atoms with Gasteiger partial charge in [0.15, 0.2) is 4.96 Å². The van der Waals surface area contributed by atoms with Gasteiger partial charge in [-0.05, 0) is 19.4 Å². The van der Waals surface area contributed by atoms with Crippen molar-refractivity contribution in [3.05, 3.63) is 47.6 Å². The summed E-state index contributed by atoms with van der Waals surface area (Å²) in [5, 5.41) is 1.95. The Morgan fingerprint density at radius 3 is 2.76 bits per heavy atom. The van der Waals surface area contributed by atoms with Crippen molar-refractivity contribution in [1.82, 2.24) is 14.3 Å². The Bertz CT molecular complexity index is 853. The van der Waals surface area contributed by atoms with Crippen LogP contribution >= 0.6 is 11.3 Å². The molecule has 0 bridgehead atoms. The summed E-state index contributed by atoms with van der Waals surface area (Å²) in [7, 11) is 0. The average Bonchev–Trinajstić information content (AvgIpc) is 3.18. The first-order valence-electron chi connectivity index (χ1n) is 8.31. The Hall–Kier alpha value is -1.86. The minimum Gasteiger partial charge on any atom is -0.297 e. The molecule has 7 heteroatoms. The summed E-state index contributed by atoms with van der Waals surface area (Å²) in [5.74, 6) is -1.23. The molecule has 1 unspecified atom stereocenters. The van der Waals surface area contributed by atoms with Gasteiger partial charge in [0.25, 0.3) is 0 Å². The average molecular weight is 365 g/mol. The third-order valence-electron chi connectivity index (χ3n) is 4.75. The molecule has 3 nitrogen and oxygen atoms in total. The van der Waals surface area contributed by atoms with E-state index in [1.807, 2.05) is 51.2 Å². The van der Waals surface area contributed by atoms with Crippen molar-refractivity contribution >= 4 is 16.3 Å². The van der Waals surface area contributed by atoms with Gasteiger partial charge in [0.1, 0.15) is 0 Å². The maximum absolute atomic E-state index is 13.1. The fraction of sp³-hybridized carbons (Fsp3) is 0.389. The van der Waals surface area contributed by atoms with Crippen LogP contribution in [0.1, 0.15) is 18.5 Å². The number of halogens is 3. The Labute approximate surface area is 147 Å². The highest BCUT2D eigenvalue weighted by molar-refractivity contribution is 7.15. The minimum atomic E-state index is -4.12. The molecule has 1 aliphatic heterocycles. The number of nitrogens with zero attached hydrogens (tertiary/aromatic N) is 3. The van der Waals surface area contributed by atoms with Crippen LogP contribution in [0.2, 0.25) is 0 Å². The lowest BCUT2D eigenvalue weighted by Gasteiger charge is -2.33. The summed E-state index contributed by atoms with van der Waals surface area (Å²) in [5.41, 5.74) is 2.82. The molecule has 0 radical (unpaired) electrons. The number of hydrogen-bond donors (Lipinski definition) is 0. The first-order valence-corrected chi connectivity index (χ1v) is 9.19. The molecule has 0 aliphatic carbocycles. The van der Waals surface area contributed by atoms with Crippen molar-refractivity contribution in [1.29, 1.82) is 0 Å². The van der Waals surface area contributed by atoms with E-state index in [4.69, 9.17) is 4.98 Å². The number of hydrogen-bond acceptors (Lipinski definition) is 3. The molecule has 0 spiro atoms. The zero-order valence-electron chi connectivity index (χ0n) is 13.5. The topological polar surface area (TPSA) is 20.5 Å². The summed E-state index contributed by atoms with van der Waals surface area (Å²) < 4.78 is 41.3. The highest BCUT2D eigenvalue weighted by Crippen LogP contribution is 2.34. The van der Waals surface area contributed by atoms with Crippen LogP contribution in [0.25, 0.3) is 16.2 Å². The largest absolute Gasteiger partial charge is 0.393 e. The number of imidazole rings is 1. The van der Waals surface area contributed by atoms with Gasteiger partial charge in [0, 0.05) is 30.2 Å². The maximum atomic E-state index is 13.1. The van der Waals surface area contributed by atoms with Gasteiger partial charge >= 0.3 is 6.18 Å². The Balaban J connectivity index is 1.66. The molecule has 1 aliphatic rings. The van der Waals surface area contributed by atoms with Crippen molar-refractivity contribution in [3.8, 4) is 11.3 Å². The molecular weight excluding hydrogens is 347 g/mol. The van der Waals surface area contributed by atoms with Crippen molar-refractivity contribution in [2.24, 2.45) is 5.92 Å². The van der Waals surface area contributed by atoms with Crippen LogP contribution in [0.5, 0.6) is 0 Å². The fourth-order valence-electron chi connectivity index (χ4n) is 3.49. The highest BCUT2D eigenvalue weighted by Gasteiger charge is 2.41. The third kappa shape index (κ3) is 3.30. The SMILES string of the molecule is FC(F)(F)C1CCCN(Cc2c(-c3ccccc3)nc3sccn23)C1. The van der Waals surface area contributed by atoms with Crippen molar-refractivity contribution in [2.75, 3.05) is 13.1 Å². The lowest BCUT2D eigenvalue weighted by atomic mass is 9.97. The Kier molecular flexibility index (Phi) is 4.29. The van der Waals surface area contributed by atoms with E-state index in [2.05, 4.69) is 0 Å². The van der Waals surface area contributed by atoms with Gasteiger partial charge in [-0.15, -0.1) is 11.3 Å². The predicted octanol–water partition coefficient (Wildman–Crippen LogP) is 4.84. The van der Waals surface area contributed by atoms with Gasteiger partial charge in [0.2, 0.25) is 0 Å². The van der Waals surface area contributed by atoms with Crippen molar-refractivity contribution in [2.45, 2.75) is 25.6 Å². The van der Waals surface area contributed by atoms with Crippen LogP contribution in [0, 0.1) is 5.92 Å². The number of likely N-dealkylation sites (tertiary alicyclic amines) is 1. The van der Waals surface area contributed by atoms with E-state index in [9.17, 15) is 13.2 Å². The van der Waals surface area contributed by atoms with E-state index >= 15 is 0 Å². The number of alkyl halides is 3. The van der Waals surface area contributed by atoms with E-state index in [1.54, 1.807) is 0 Å². The molecule has 1 saturated heterocycles. The second-order valence-corrected chi connectivity index (χ2v) is 7.32. The molecule has 3 aromatic rings. The van der Waals surface area contributed by atoms with E-state index in [0.717, 1.165) is 21.9 Å². The molecular formula is C18H18F3N3S. The third-order valence-corrected chi connectivity index (χ3v) is 5.51. The molecule has 0 amide bonds. The second-order valence-electron chi connectivity index (χ2n) is 6.44. The summed E-state index contributed by atoms with van der Waals surface area (Å²) in [4.78, 5) is 7.49. The molecule has 4 rings (SSSR count). The second kappa shape index (κ2) is 6.46. The monoisotopic (exact) mass is 365 g/mol. The van der Waals surface area contributed by atoms with Gasteiger partial charge in [-0.25, -0.2) is 4.98 Å². The first kappa shape index (κ1) is 16.6. The predicted molar refractivity (Wildman–Crippen MR) is 92.6 cm³/mol. The van der Waals surface area contributed by atoms with Crippen molar-refractivity contribution in [3.63, 3.8) is 0 Å². The van der Waals surface area contributed by atoms with E-state index < -0.39 is 12.1 Å². The maximum Gasteiger partial charge on any atom is 0.393 e. The summed E-state index contributed by atoms with van der Waals surface area (Å²) >= 11 is 1.54. The minimum absolute atomic E-state index is 0.0646. The molecule has 1 fully saturated rings. The molecule has 0 saturated carbocycles. The Morgan fingerprint density at radius 1 is 1.20 bits per heavy atom. The zero-order valence-corrected chi connectivity index (χ0v) is 14.4. The van der Waals surface area contributed by atoms with Crippen LogP contribution in [0.3, 0.4) is 0 Å². The van der Waals surface area contributed by atoms with Gasteiger partial charge < -0.3 is 0 Å². The zero-order chi connectivity index (χ0) is 17.4. The normalized spacial score (nSPS) is 19.6. The molecule has 1 atom stereocenters. The number of rotatable bonds is 3. The lowest BCUT2D eigenvalue weighted by Crippen LogP contribution is -2.41. The van der Waals surface area contributed by atoms with Crippen LogP contribution < -0.4 is 0 Å². The number of benzene rings is 1. The van der Waals surface area contributed by atoms with Crippen molar-refractivity contribution < 1.29 is 13.2 Å². The van der Waals surface area contributed by atoms with Crippen LogP contribution in [0.15, 0.2) is 41.9 Å². The van der Waals surface area contributed by atoms with Gasteiger partial charge in [0.05, 0.1) is 17.3 Å². The van der Waals surface area contributed by atoms with Gasteiger partial charge in [-0.3, -0.25) is 9.30 Å². The molecule has 3 heterocycles. The van der Waals surface area contributed by atoms with Crippen LogP contribution in [0.4, 0.5) is 13.2 Å². The van der Waals surface area contributed by atoms with Crippen LogP contribution in [-0.2, 0) is 6.54 Å². The standard InChI is InChI=1S/C18H18F3N3S/c19-18(20,21)14-7-4-8-23(11-14)12-15-16(13-5-2-1-3-6-13)22-17-24(15)9-10-25-17/h1-3,5-6,9-10,14H,4,7-8,11-12H2. The number of thiazole rings is 1. The highest BCUT2D eigenvalue weighted by atomic mass is 32.1. The van der Waals surface area contributed by atoms with Crippen LogP contribution in [-0.4, -0.2) is 33.6 Å². The first-order chi connectivity index (χ1) is 12.0. The van der Waals surface area contributed by atoms with E-state index in [1.165, 1.54) is 11.3 Å². The molecule has 2 aromatic heterocycles. The van der Waals surface area contributed by atoms with E-state index in [-0.39, 0.29) is 13.0 Å². The fourth-order valence-corrected chi connectivity index (χ4v) is 4.22. The Morgan fingerprint density at radius 2 is 2.00 bits per heavy atom. The molecule has 25 heavy (non-hydrogen) atoms. The van der Waals surface area contributed by atoms with Gasteiger partial charge in [-0.1, -0.05) is 30.3 Å². The molecule has 1 aromatic carbocycles. The molecule has 132 valence electrons. The van der Waals surface area contributed by atoms with Gasteiger partial charge in [-0.2, -0.15) is 13.2 Å².